The summed E-state index contributed by atoms with van der Waals surface area (Å²) in [6.45, 7) is 0. The molecular formula is C86H55N3OS2. The van der Waals surface area contributed by atoms with E-state index in [1.165, 1.54) is 101 Å². The van der Waals surface area contributed by atoms with Crippen molar-refractivity contribution in [3.8, 4) is 66.8 Å². The number of hydrogen-bond acceptors (Lipinski definition) is 6. The van der Waals surface area contributed by atoms with Gasteiger partial charge in [-0.3, -0.25) is 0 Å². The molecule has 0 bridgehead atoms. The highest BCUT2D eigenvalue weighted by Gasteiger charge is 2.18. The Balaban J connectivity index is 0.602. The quantitative estimate of drug-likeness (QED) is 0.114. The summed E-state index contributed by atoms with van der Waals surface area (Å²) in [5, 5.41) is 23.4. The summed E-state index contributed by atoms with van der Waals surface area (Å²) in [5.41, 5.74) is 22.2. The minimum absolute atomic E-state index is 0.906. The van der Waals surface area contributed by atoms with Gasteiger partial charge < -0.3 is 20.4 Å². The SMILES string of the molecule is c1cc(Nc2ccc(-c3cccc(-c4ccc5c(Nc6ccc7sc8ccccc8c7c6)cccc5c4)c3)cc2)cc(-c2cc(-c3cc(-c4ccc(Nc5ccc(-c6ccc7oc8ccccc8c7c6)cc5)cc4)c4ccccc4c3)c3sc4ccccc4c3c2)c1. The Bertz CT molecular complexity index is 5920. The van der Waals surface area contributed by atoms with E-state index in [1.54, 1.807) is 0 Å². The van der Waals surface area contributed by atoms with Crippen LogP contribution in [0.2, 0.25) is 0 Å². The van der Waals surface area contributed by atoms with E-state index in [4.69, 9.17) is 4.42 Å². The third-order valence-corrected chi connectivity index (χ3v) is 20.5. The lowest BCUT2D eigenvalue weighted by molar-refractivity contribution is 0.669. The number of thiophene rings is 2. The zero-order chi connectivity index (χ0) is 60.6. The second-order valence-electron chi connectivity index (χ2n) is 23.9. The smallest absolute Gasteiger partial charge is 0.135 e. The number of rotatable bonds is 12. The molecule has 0 aliphatic heterocycles. The van der Waals surface area contributed by atoms with Crippen molar-refractivity contribution in [2.75, 3.05) is 16.0 Å². The Kier molecular flexibility index (Phi) is 12.9. The average molecular weight is 1210 g/mol. The van der Waals surface area contributed by atoms with Crippen LogP contribution in [0.5, 0.6) is 0 Å². The van der Waals surface area contributed by atoms with Gasteiger partial charge in [0.1, 0.15) is 11.2 Å². The van der Waals surface area contributed by atoms with Gasteiger partial charge in [0, 0.05) is 96.2 Å². The number of nitrogens with one attached hydrogen (secondary N) is 3. The Labute approximate surface area is 539 Å². The molecule has 0 amide bonds. The third kappa shape index (κ3) is 9.77. The van der Waals surface area contributed by atoms with Crippen LogP contribution in [0.3, 0.4) is 0 Å². The first-order valence-corrected chi connectivity index (χ1v) is 32.8. The third-order valence-electron chi connectivity index (χ3n) is 18.2. The van der Waals surface area contributed by atoms with Crippen LogP contribution in [0.25, 0.3) is 151 Å². The van der Waals surface area contributed by atoms with Gasteiger partial charge in [0.25, 0.3) is 0 Å². The predicted octanol–water partition coefficient (Wildman–Crippen LogP) is 25.9. The maximum atomic E-state index is 6.10. The average Bonchev–Trinajstić information content (AvgIpc) is 1.53. The predicted molar refractivity (Wildman–Crippen MR) is 396 cm³/mol. The number of benzene rings is 15. The first-order valence-electron chi connectivity index (χ1n) is 31.2. The molecule has 18 aromatic rings. The van der Waals surface area contributed by atoms with Crippen LogP contribution < -0.4 is 16.0 Å². The van der Waals surface area contributed by atoms with E-state index >= 15 is 0 Å². The lowest BCUT2D eigenvalue weighted by atomic mass is 9.91. The first kappa shape index (κ1) is 53.5. The van der Waals surface area contributed by atoms with Gasteiger partial charge in [0.05, 0.1) is 0 Å². The largest absolute Gasteiger partial charge is 0.456 e. The molecule has 0 saturated heterocycles. The summed E-state index contributed by atoms with van der Waals surface area (Å²) in [7, 11) is 0. The van der Waals surface area contributed by atoms with E-state index in [2.05, 4.69) is 319 Å². The lowest BCUT2D eigenvalue weighted by Gasteiger charge is -2.15. The second kappa shape index (κ2) is 22.2. The summed E-state index contributed by atoms with van der Waals surface area (Å²) in [5.74, 6) is 0. The summed E-state index contributed by atoms with van der Waals surface area (Å²) in [6, 6.07) is 115. The van der Waals surface area contributed by atoms with Crippen LogP contribution in [0.4, 0.5) is 34.1 Å². The van der Waals surface area contributed by atoms with Crippen molar-refractivity contribution in [1.29, 1.82) is 0 Å². The summed E-state index contributed by atoms with van der Waals surface area (Å²) in [4.78, 5) is 0. The fraction of sp³-hybridized carbons (Fsp3) is 0. The summed E-state index contributed by atoms with van der Waals surface area (Å²) in [6.07, 6.45) is 0. The van der Waals surface area contributed by atoms with Crippen molar-refractivity contribution < 1.29 is 4.42 Å². The molecule has 4 nitrogen and oxygen atoms in total. The van der Waals surface area contributed by atoms with Crippen LogP contribution in [-0.2, 0) is 0 Å². The number of hydrogen-bond donors (Lipinski definition) is 3. The number of fused-ring (bicyclic) bond motifs is 11. The number of para-hydroxylation sites is 1. The molecule has 0 radical (unpaired) electrons. The monoisotopic (exact) mass is 1210 g/mol. The van der Waals surface area contributed by atoms with Gasteiger partial charge in [-0.2, -0.15) is 0 Å². The number of furan rings is 1. The molecule has 0 spiro atoms. The van der Waals surface area contributed by atoms with Crippen LogP contribution in [0, 0.1) is 0 Å². The molecule has 0 atom stereocenters. The molecule has 92 heavy (non-hydrogen) atoms. The number of anilines is 6. The van der Waals surface area contributed by atoms with Gasteiger partial charge >= 0.3 is 0 Å². The van der Waals surface area contributed by atoms with Crippen molar-refractivity contribution in [3.63, 3.8) is 0 Å². The minimum Gasteiger partial charge on any atom is -0.456 e. The van der Waals surface area contributed by atoms with Gasteiger partial charge in [0.2, 0.25) is 0 Å². The van der Waals surface area contributed by atoms with E-state index in [-0.39, 0.29) is 0 Å². The van der Waals surface area contributed by atoms with Crippen molar-refractivity contribution in [1.82, 2.24) is 0 Å². The Morgan fingerprint density at radius 3 is 1.50 bits per heavy atom. The van der Waals surface area contributed by atoms with Crippen molar-refractivity contribution in [2.24, 2.45) is 0 Å². The Morgan fingerprint density at radius 1 is 0.217 bits per heavy atom. The fourth-order valence-electron chi connectivity index (χ4n) is 13.6. The topological polar surface area (TPSA) is 49.2 Å². The highest BCUT2D eigenvalue weighted by Crippen LogP contribution is 2.46. The van der Waals surface area contributed by atoms with Crippen LogP contribution in [-0.4, -0.2) is 0 Å². The van der Waals surface area contributed by atoms with E-state index in [1.807, 2.05) is 34.8 Å². The van der Waals surface area contributed by atoms with E-state index < -0.39 is 0 Å². The molecule has 0 unspecified atom stereocenters. The molecule has 0 fully saturated rings. The normalized spacial score (nSPS) is 11.7. The van der Waals surface area contributed by atoms with Crippen molar-refractivity contribution in [3.05, 3.63) is 315 Å². The molecule has 6 heteroatoms. The first-order chi connectivity index (χ1) is 45.5. The second-order valence-corrected chi connectivity index (χ2v) is 26.0. The van der Waals surface area contributed by atoms with Crippen LogP contribution in [0.1, 0.15) is 0 Å². The van der Waals surface area contributed by atoms with E-state index in [0.717, 1.165) is 83.9 Å². The fourth-order valence-corrected chi connectivity index (χ4v) is 15.9. The van der Waals surface area contributed by atoms with Crippen molar-refractivity contribution in [2.45, 2.75) is 0 Å². The Hall–Kier alpha value is -11.5. The van der Waals surface area contributed by atoms with Gasteiger partial charge in [0.15, 0.2) is 0 Å². The molecule has 0 aliphatic carbocycles. The standard InChI is InChI=1S/C86H55N3OS2/c1-2-18-70-61(12-1)46-64(51-75(70)55-30-38-66(39-31-55)87-65-34-28-54(29-35-65)60-33-42-82-77(48-60)72-19-3-6-23-81(72)90-82)76-49-63(50-79-74-21-5-8-25-84(74)92-86(76)79)58-15-10-17-68(47-58)88-67-36-26-53(27-37-67)56-13-9-14-57(44-56)59-32-41-71-62(45-59)16-11-22-80(71)89-69-40-43-85-78(52-69)73-20-4-7-24-83(73)91-85/h1-52,87-89H. The van der Waals surface area contributed by atoms with E-state index in [9.17, 15) is 0 Å². The molecular weight excluding hydrogens is 1160 g/mol. The molecule has 3 heterocycles. The summed E-state index contributed by atoms with van der Waals surface area (Å²) >= 11 is 3.72. The van der Waals surface area contributed by atoms with Gasteiger partial charge in [-0.1, -0.05) is 176 Å². The molecule has 3 N–H and O–H groups in total. The van der Waals surface area contributed by atoms with Crippen LogP contribution in [0.15, 0.2) is 320 Å². The zero-order valence-corrected chi connectivity index (χ0v) is 51.4. The Morgan fingerprint density at radius 2 is 0.717 bits per heavy atom. The molecule has 18 rings (SSSR count). The van der Waals surface area contributed by atoms with Gasteiger partial charge in [-0.05, 0) is 217 Å². The van der Waals surface area contributed by atoms with E-state index in [0.29, 0.717) is 0 Å². The molecule has 3 aromatic heterocycles. The molecule has 432 valence electrons. The summed E-state index contributed by atoms with van der Waals surface area (Å²) < 4.78 is 11.3. The maximum Gasteiger partial charge on any atom is 0.135 e. The highest BCUT2D eigenvalue weighted by atomic mass is 32.1. The lowest BCUT2D eigenvalue weighted by Crippen LogP contribution is -1.92. The van der Waals surface area contributed by atoms with Crippen molar-refractivity contribution >= 4 is 141 Å². The molecule has 15 aromatic carbocycles. The maximum absolute atomic E-state index is 6.10. The minimum atomic E-state index is 0.906. The highest BCUT2D eigenvalue weighted by molar-refractivity contribution is 7.26. The molecule has 0 saturated carbocycles. The zero-order valence-electron chi connectivity index (χ0n) is 49.7. The van der Waals surface area contributed by atoms with Gasteiger partial charge in [-0.15, -0.1) is 22.7 Å². The molecule has 0 aliphatic rings. The van der Waals surface area contributed by atoms with Crippen LogP contribution >= 0.6 is 22.7 Å². The van der Waals surface area contributed by atoms with Gasteiger partial charge in [-0.25, -0.2) is 0 Å².